The van der Waals surface area contributed by atoms with Crippen LogP contribution in [-0.4, -0.2) is 24.6 Å². The van der Waals surface area contributed by atoms with Gasteiger partial charge in [0, 0.05) is 25.1 Å². The second kappa shape index (κ2) is 8.95. The molecule has 0 aliphatic heterocycles. The molecule has 0 aliphatic carbocycles. The minimum atomic E-state index is -0.429. The lowest BCUT2D eigenvalue weighted by molar-refractivity contribution is -0.384. The second-order valence-electron chi connectivity index (χ2n) is 4.01. The third kappa shape index (κ3) is 6.43. The van der Waals surface area contributed by atoms with Crippen molar-refractivity contribution in [1.29, 1.82) is 0 Å². The van der Waals surface area contributed by atoms with Crippen molar-refractivity contribution in [2.75, 3.05) is 19.7 Å². The fraction of sp³-hybridized carbons (Fsp3) is 0.429. The van der Waals surface area contributed by atoms with Crippen LogP contribution in [0.15, 0.2) is 24.3 Å². The van der Waals surface area contributed by atoms with E-state index in [1.807, 2.05) is 0 Å². The van der Waals surface area contributed by atoms with Gasteiger partial charge in [-0.2, -0.15) is 0 Å². The van der Waals surface area contributed by atoms with Crippen molar-refractivity contribution in [2.45, 2.75) is 19.3 Å². The summed E-state index contributed by atoms with van der Waals surface area (Å²) in [7, 11) is 0. The van der Waals surface area contributed by atoms with Gasteiger partial charge in [-0.15, -0.1) is 12.3 Å². The normalized spacial score (nSPS) is 9.84. The Morgan fingerprint density at radius 2 is 2.00 bits per heavy atom. The number of nitrogens with zero attached hydrogens (tertiary/aromatic N) is 1. The van der Waals surface area contributed by atoms with Crippen LogP contribution in [0.5, 0.6) is 5.75 Å². The zero-order valence-electron chi connectivity index (χ0n) is 10.8. The maximum absolute atomic E-state index is 10.5. The van der Waals surface area contributed by atoms with Crippen molar-refractivity contribution >= 4 is 5.69 Å². The summed E-state index contributed by atoms with van der Waals surface area (Å²) in [4.78, 5) is 10.0. The summed E-state index contributed by atoms with van der Waals surface area (Å²) >= 11 is 0. The predicted molar refractivity (Wildman–Crippen MR) is 74.1 cm³/mol. The van der Waals surface area contributed by atoms with Crippen molar-refractivity contribution in [3.05, 3.63) is 34.4 Å². The Morgan fingerprint density at radius 1 is 1.26 bits per heavy atom. The molecule has 1 N–H and O–H groups in total. The summed E-state index contributed by atoms with van der Waals surface area (Å²) < 4.78 is 5.45. The van der Waals surface area contributed by atoms with Crippen LogP contribution in [0.1, 0.15) is 19.3 Å². The Hall–Kier alpha value is -2.06. The summed E-state index contributed by atoms with van der Waals surface area (Å²) in [6, 6.07) is 6.07. The molecule has 0 atom stereocenters. The summed E-state index contributed by atoms with van der Waals surface area (Å²) in [6.07, 6.45) is 8.06. The van der Waals surface area contributed by atoms with E-state index in [0.717, 1.165) is 32.4 Å². The molecule has 19 heavy (non-hydrogen) atoms. The molecule has 0 saturated heterocycles. The van der Waals surface area contributed by atoms with Crippen molar-refractivity contribution in [2.24, 2.45) is 0 Å². The van der Waals surface area contributed by atoms with Crippen LogP contribution in [0.2, 0.25) is 0 Å². The molecule has 0 radical (unpaired) electrons. The van der Waals surface area contributed by atoms with E-state index in [1.54, 1.807) is 12.1 Å². The van der Waals surface area contributed by atoms with E-state index in [-0.39, 0.29) is 5.69 Å². The van der Waals surface area contributed by atoms with E-state index in [9.17, 15) is 10.1 Å². The first-order valence-electron chi connectivity index (χ1n) is 6.25. The first-order chi connectivity index (χ1) is 9.24. The number of ether oxygens (including phenoxy) is 1. The molecule has 1 rings (SSSR count). The van der Waals surface area contributed by atoms with Crippen LogP contribution in [0, 0.1) is 22.5 Å². The molecule has 5 nitrogen and oxygen atoms in total. The maximum atomic E-state index is 10.5. The van der Waals surface area contributed by atoms with E-state index in [2.05, 4.69) is 11.2 Å². The third-order valence-electron chi connectivity index (χ3n) is 2.52. The van der Waals surface area contributed by atoms with Crippen LogP contribution < -0.4 is 10.1 Å². The van der Waals surface area contributed by atoms with Gasteiger partial charge in [0.1, 0.15) is 12.4 Å². The molecule has 1 aromatic carbocycles. The lowest BCUT2D eigenvalue weighted by Gasteiger charge is -2.07. The highest BCUT2D eigenvalue weighted by Gasteiger charge is 2.03. The molecule has 0 heterocycles. The molecule has 0 bridgehead atoms. The van der Waals surface area contributed by atoms with Gasteiger partial charge in [0.2, 0.25) is 0 Å². The number of benzene rings is 1. The first kappa shape index (κ1) is 15.0. The largest absolute Gasteiger partial charge is 0.492 e. The monoisotopic (exact) mass is 262 g/mol. The Labute approximate surface area is 113 Å². The zero-order chi connectivity index (χ0) is 13.9. The Bertz CT molecular complexity index is 423. The minimum Gasteiger partial charge on any atom is -0.492 e. The van der Waals surface area contributed by atoms with Gasteiger partial charge in [-0.1, -0.05) is 0 Å². The van der Waals surface area contributed by atoms with Crippen LogP contribution in [0.3, 0.4) is 0 Å². The maximum Gasteiger partial charge on any atom is 0.269 e. The molecular weight excluding hydrogens is 244 g/mol. The first-order valence-corrected chi connectivity index (χ1v) is 6.25. The topological polar surface area (TPSA) is 64.4 Å². The molecule has 5 heteroatoms. The highest BCUT2D eigenvalue weighted by molar-refractivity contribution is 5.35. The molecule has 0 aromatic heterocycles. The molecule has 0 saturated carbocycles. The molecule has 0 unspecified atom stereocenters. The standard InChI is InChI=1S/C14H18N2O3/c1-2-3-4-5-10-15-11-12-19-14-8-6-13(7-9-14)16(17)18/h1,6-9,15H,3-5,10-12H2. The zero-order valence-corrected chi connectivity index (χ0v) is 10.8. The predicted octanol–water partition coefficient (Wildman–Crippen LogP) is 2.37. The Balaban J connectivity index is 2.09. The molecule has 0 amide bonds. The van der Waals surface area contributed by atoms with Gasteiger partial charge < -0.3 is 10.1 Å². The second-order valence-corrected chi connectivity index (χ2v) is 4.01. The summed E-state index contributed by atoms with van der Waals surface area (Å²) in [5, 5.41) is 13.7. The van der Waals surface area contributed by atoms with Crippen LogP contribution in [-0.2, 0) is 0 Å². The Kier molecular flexibility index (Phi) is 7.06. The number of non-ortho nitro benzene ring substituents is 1. The molecule has 0 spiro atoms. The van der Waals surface area contributed by atoms with Crippen molar-refractivity contribution in [1.82, 2.24) is 5.32 Å². The summed E-state index contributed by atoms with van der Waals surface area (Å²) in [6.45, 7) is 2.20. The van der Waals surface area contributed by atoms with Gasteiger partial charge in [0.05, 0.1) is 4.92 Å². The van der Waals surface area contributed by atoms with Gasteiger partial charge in [-0.3, -0.25) is 10.1 Å². The average Bonchev–Trinajstić information content (AvgIpc) is 2.42. The number of hydrogen-bond donors (Lipinski definition) is 1. The molecule has 1 aromatic rings. The van der Waals surface area contributed by atoms with Crippen molar-refractivity contribution in [3.8, 4) is 18.1 Å². The summed E-state index contributed by atoms with van der Waals surface area (Å²) in [5.74, 6) is 3.24. The van der Waals surface area contributed by atoms with Gasteiger partial charge in [0.15, 0.2) is 0 Å². The van der Waals surface area contributed by atoms with Crippen molar-refractivity contribution < 1.29 is 9.66 Å². The molecular formula is C14H18N2O3. The number of nitrogens with one attached hydrogen (secondary N) is 1. The van der Waals surface area contributed by atoms with Gasteiger partial charge in [-0.05, 0) is 31.5 Å². The average molecular weight is 262 g/mol. The van der Waals surface area contributed by atoms with E-state index in [1.165, 1.54) is 12.1 Å². The number of nitro benzene ring substituents is 1. The van der Waals surface area contributed by atoms with Crippen LogP contribution in [0.25, 0.3) is 0 Å². The van der Waals surface area contributed by atoms with Gasteiger partial charge in [0.25, 0.3) is 5.69 Å². The van der Waals surface area contributed by atoms with E-state index < -0.39 is 4.92 Å². The van der Waals surface area contributed by atoms with Gasteiger partial charge in [-0.25, -0.2) is 0 Å². The highest BCUT2D eigenvalue weighted by atomic mass is 16.6. The van der Waals surface area contributed by atoms with Crippen molar-refractivity contribution in [3.63, 3.8) is 0 Å². The summed E-state index contributed by atoms with van der Waals surface area (Å²) in [5.41, 5.74) is 0.0685. The number of nitro groups is 1. The quantitative estimate of drug-likeness (QED) is 0.321. The van der Waals surface area contributed by atoms with Gasteiger partial charge >= 0.3 is 0 Å². The minimum absolute atomic E-state index is 0.0685. The highest BCUT2D eigenvalue weighted by Crippen LogP contribution is 2.16. The number of unbranched alkanes of at least 4 members (excludes halogenated alkanes) is 2. The number of rotatable bonds is 9. The number of terminal acetylenes is 1. The van der Waals surface area contributed by atoms with Crippen LogP contribution in [0.4, 0.5) is 5.69 Å². The van der Waals surface area contributed by atoms with E-state index in [0.29, 0.717) is 12.4 Å². The fourth-order valence-corrected chi connectivity index (χ4v) is 1.51. The Morgan fingerprint density at radius 3 is 2.63 bits per heavy atom. The fourth-order valence-electron chi connectivity index (χ4n) is 1.51. The smallest absolute Gasteiger partial charge is 0.269 e. The SMILES string of the molecule is C#CCCCCNCCOc1ccc([N+](=O)[O-])cc1. The van der Waals surface area contributed by atoms with Crippen LogP contribution >= 0.6 is 0 Å². The molecule has 102 valence electrons. The van der Waals surface area contributed by atoms with E-state index >= 15 is 0 Å². The molecule has 0 aliphatic rings. The lowest BCUT2D eigenvalue weighted by Crippen LogP contribution is -2.22. The third-order valence-corrected chi connectivity index (χ3v) is 2.52. The molecule has 0 fully saturated rings. The lowest BCUT2D eigenvalue weighted by atomic mass is 10.2. The number of hydrogen-bond acceptors (Lipinski definition) is 4. The van der Waals surface area contributed by atoms with E-state index in [4.69, 9.17) is 11.2 Å².